The number of aromatic hydroxyl groups is 1. The highest BCUT2D eigenvalue weighted by Gasteiger charge is 2.13. The van der Waals surface area contributed by atoms with Crippen LogP contribution in [0.15, 0.2) is 24.4 Å². The monoisotopic (exact) mass is 177 g/mol. The van der Waals surface area contributed by atoms with E-state index >= 15 is 0 Å². The maximum absolute atomic E-state index is 10.8. The number of H-pyrrole nitrogens is 1. The van der Waals surface area contributed by atoms with E-state index in [1.807, 2.05) is 0 Å². The number of carbonyl (C=O) groups is 1. The van der Waals surface area contributed by atoms with Gasteiger partial charge in [0.1, 0.15) is 11.3 Å². The fourth-order valence-electron chi connectivity index (χ4n) is 1.35. The Hall–Kier alpha value is -1.97. The van der Waals surface area contributed by atoms with E-state index < -0.39 is 5.97 Å². The summed E-state index contributed by atoms with van der Waals surface area (Å²) in [6.07, 6.45) is 1.64. The normalized spacial score (nSPS) is 10.5. The Bertz CT molecular complexity index is 473. The molecule has 0 bridgehead atoms. The predicted octanol–water partition coefficient (Wildman–Crippen LogP) is 1.57. The first-order valence-corrected chi connectivity index (χ1v) is 3.72. The van der Waals surface area contributed by atoms with Crippen LogP contribution in [-0.2, 0) is 0 Å². The summed E-state index contributed by atoms with van der Waals surface area (Å²) in [5.74, 6) is -1.33. The molecule has 0 radical (unpaired) electrons. The number of benzene rings is 1. The van der Waals surface area contributed by atoms with Crippen LogP contribution in [0.5, 0.6) is 5.75 Å². The van der Waals surface area contributed by atoms with Crippen molar-refractivity contribution in [1.29, 1.82) is 0 Å². The molecule has 0 aliphatic heterocycles. The van der Waals surface area contributed by atoms with Gasteiger partial charge in [-0.05, 0) is 18.2 Å². The molecule has 2 aromatic rings. The highest BCUT2D eigenvalue weighted by atomic mass is 16.4. The Morgan fingerprint density at radius 2 is 2.08 bits per heavy atom. The fourth-order valence-corrected chi connectivity index (χ4v) is 1.35. The van der Waals surface area contributed by atoms with Crippen LogP contribution in [0.2, 0.25) is 0 Å². The molecule has 2 rings (SSSR count). The largest absolute Gasteiger partial charge is 0.507 e. The topological polar surface area (TPSA) is 73.3 Å². The van der Waals surface area contributed by atoms with Crippen molar-refractivity contribution < 1.29 is 15.0 Å². The number of aromatic carboxylic acids is 1. The van der Waals surface area contributed by atoms with Gasteiger partial charge in [0.2, 0.25) is 0 Å². The maximum atomic E-state index is 10.8. The lowest BCUT2D eigenvalue weighted by atomic mass is 10.1. The molecule has 0 fully saturated rings. The minimum Gasteiger partial charge on any atom is -0.507 e. The Morgan fingerprint density at radius 1 is 1.31 bits per heavy atom. The third kappa shape index (κ3) is 1.03. The molecule has 0 aliphatic carbocycles. The van der Waals surface area contributed by atoms with E-state index in [9.17, 15) is 9.90 Å². The molecule has 13 heavy (non-hydrogen) atoms. The minimum absolute atomic E-state index is 0.0567. The summed E-state index contributed by atoms with van der Waals surface area (Å²) in [6.45, 7) is 0. The van der Waals surface area contributed by atoms with Crippen molar-refractivity contribution in [3.63, 3.8) is 0 Å². The van der Waals surface area contributed by atoms with Gasteiger partial charge in [-0.25, -0.2) is 4.79 Å². The smallest absolute Gasteiger partial charge is 0.340 e. The van der Waals surface area contributed by atoms with E-state index in [1.165, 1.54) is 6.07 Å². The van der Waals surface area contributed by atoms with E-state index in [2.05, 4.69) is 4.98 Å². The van der Waals surface area contributed by atoms with Crippen molar-refractivity contribution >= 4 is 16.9 Å². The first-order valence-electron chi connectivity index (χ1n) is 3.72. The number of rotatable bonds is 1. The van der Waals surface area contributed by atoms with Gasteiger partial charge >= 0.3 is 5.97 Å². The molecular weight excluding hydrogens is 170 g/mol. The first-order chi connectivity index (χ1) is 6.20. The lowest BCUT2D eigenvalue weighted by Gasteiger charge is -1.99. The van der Waals surface area contributed by atoms with E-state index in [-0.39, 0.29) is 11.3 Å². The number of phenols is 1. The third-order valence-electron chi connectivity index (χ3n) is 1.93. The van der Waals surface area contributed by atoms with Crippen LogP contribution in [0.1, 0.15) is 10.4 Å². The molecule has 0 saturated heterocycles. The van der Waals surface area contributed by atoms with Crippen molar-refractivity contribution in [3.8, 4) is 5.75 Å². The van der Waals surface area contributed by atoms with Gasteiger partial charge in [0.25, 0.3) is 0 Å². The molecule has 1 heterocycles. The summed E-state index contributed by atoms with van der Waals surface area (Å²) in [7, 11) is 0. The second-order valence-corrected chi connectivity index (χ2v) is 2.70. The number of carboxylic acid groups (broad SMARTS) is 1. The van der Waals surface area contributed by atoms with Gasteiger partial charge in [0.05, 0.1) is 0 Å². The lowest BCUT2D eigenvalue weighted by Crippen LogP contribution is -1.97. The number of nitrogens with one attached hydrogen (secondary N) is 1. The minimum atomic E-state index is -1.12. The Balaban J connectivity index is 2.88. The molecular formula is C9H7NO3. The van der Waals surface area contributed by atoms with Gasteiger partial charge in [0, 0.05) is 17.1 Å². The van der Waals surface area contributed by atoms with Gasteiger partial charge < -0.3 is 15.2 Å². The molecule has 1 aromatic carbocycles. The molecule has 66 valence electrons. The van der Waals surface area contributed by atoms with Gasteiger partial charge in [0.15, 0.2) is 0 Å². The third-order valence-corrected chi connectivity index (χ3v) is 1.93. The van der Waals surface area contributed by atoms with E-state index in [1.54, 1.807) is 18.3 Å². The zero-order valence-electron chi connectivity index (χ0n) is 6.61. The number of hydrogen-bond donors (Lipinski definition) is 3. The second kappa shape index (κ2) is 2.52. The molecule has 0 spiro atoms. The summed E-state index contributed by atoms with van der Waals surface area (Å²) in [5.41, 5.74) is 0.647. The molecule has 0 amide bonds. The van der Waals surface area contributed by atoms with Crippen molar-refractivity contribution in [2.75, 3.05) is 0 Å². The van der Waals surface area contributed by atoms with E-state index in [4.69, 9.17) is 5.11 Å². The second-order valence-electron chi connectivity index (χ2n) is 2.70. The number of aromatic nitrogens is 1. The number of fused-ring (bicyclic) bond motifs is 1. The van der Waals surface area contributed by atoms with Crippen LogP contribution in [0.3, 0.4) is 0 Å². The van der Waals surface area contributed by atoms with Gasteiger partial charge in [-0.15, -0.1) is 0 Å². The van der Waals surface area contributed by atoms with Crippen molar-refractivity contribution in [2.45, 2.75) is 0 Å². The van der Waals surface area contributed by atoms with Crippen molar-refractivity contribution in [1.82, 2.24) is 4.98 Å². The van der Waals surface area contributed by atoms with Crippen LogP contribution in [-0.4, -0.2) is 21.2 Å². The lowest BCUT2D eigenvalue weighted by molar-refractivity contribution is 0.0696. The molecule has 0 saturated carbocycles. The zero-order valence-corrected chi connectivity index (χ0v) is 6.61. The SMILES string of the molecule is O=C(O)c1c(O)ccc2[nH]ccc12. The molecule has 0 unspecified atom stereocenters. The quantitative estimate of drug-likeness (QED) is 0.619. The summed E-state index contributed by atoms with van der Waals surface area (Å²) in [5, 5.41) is 18.6. The maximum Gasteiger partial charge on any atom is 0.340 e. The summed E-state index contributed by atoms with van der Waals surface area (Å²) < 4.78 is 0. The number of aromatic amines is 1. The molecule has 0 atom stereocenters. The number of hydrogen-bond acceptors (Lipinski definition) is 2. The number of carboxylic acids is 1. The van der Waals surface area contributed by atoms with Crippen LogP contribution < -0.4 is 0 Å². The highest BCUT2D eigenvalue weighted by Crippen LogP contribution is 2.25. The van der Waals surface area contributed by atoms with Gasteiger partial charge in [-0.2, -0.15) is 0 Å². The molecule has 3 N–H and O–H groups in total. The summed E-state index contributed by atoms with van der Waals surface area (Å²) in [4.78, 5) is 13.6. The van der Waals surface area contributed by atoms with Gasteiger partial charge in [-0.1, -0.05) is 0 Å². The first kappa shape index (κ1) is 7.67. The van der Waals surface area contributed by atoms with Crippen LogP contribution >= 0.6 is 0 Å². The standard InChI is InChI=1S/C9H7NO3/c11-7-2-1-6-5(3-4-10-6)8(7)9(12)13/h1-4,10-11H,(H,12,13). The van der Waals surface area contributed by atoms with E-state index in [0.29, 0.717) is 10.9 Å². The Morgan fingerprint density at radius 3 is 2.77 bits per heavy atom. The summed E-state index contributed by atoms with van der Waals surface area (Å²) >= 11 is 0. The van der Waals surface area contributed by atoms with E-state index in [0.717, 1.165) is 0 Å². The van der Waals surface area contributed by atoms with Crippen LogP contribution in [0.25, 0.3) is 10.9 Å². The van der Waals surface area contributed by atoms with Crippen molar-refractivity contribution in [3.05, 3.63) is 30.0 Å². The average molecular weight is 177 g/mol. The summed E-state index contributed by atoms with van der Waals surface area (Å²) in [6, 6.07) is 4.62. The molecule has 4 nitrogen and oxygen atoms in total. The Labute approximate surface area is 73.4 Å². The van der Waals surface area contributed by atoms with Gasteiger partial charge in [-0.3, -0.25) is 0 Å². The molecule has 1 aromatic heterocycles. The van der Waals surface area contributed by atoms with Crippen LogP contribution in [0.4, 0.5) is 0 Å². The van der Waals surface area contributed by atoms with Crippen LogP contribution in [0, 0.1) is 0 Å². The average Bonchev–Trinajstić information content (AvgIpc) is 2.50. The fraction of sp³-hybridized carbons (Fsp3) is 0. The molecule has 0 aliphatic rings. The predicted molar refractivity (Wildman–Crippen MR) is 46.9 cm³/mol. The van der Waals surface area contributed by atoms with Crippen molar-refractivity contribution in [2.24, 2.45) is 0 Å². The zero-order chi connectivity index (χ0) is 9.42. The Kier molecular flexibility index (Phi) is 1.48. The highest BCUT2D eigenvalue weighted by molar-refractivity contribution is 6.05. The molecule has 4 heteroatoms.